The molecule has 2 nitrogen and oxygen atoms in total. The molecule has 0 saturated heterocycles. The maximum absolute atomic E-state index is 10.3. The molecule has 0 aliphatic rings. The van der Waals surface area contributed by atoms with Gasteiger partial charge in [-0.05, 0) is 22.8 Å². The molecule has 0 radical (unpaired) electrons. The Morgan fingerprint density at radius 1 is 1.09 bits per heavy atom. The van der Waals surface area contributed by atoms with E-state index in [1.54, 1.807) is 12.1 Å². The van der Waals surface area contributed by atoms with E-state index >= 15 is 0 Å². The van der Waals surface area contributed by atoms with Crippen LogP contribution in [0.25, 0.3) is 0 Å². The monoisotopic (exact) mass is 242 g/mol. The Labute approximate surface area is 97.4 Å². The fourth-order valence-corrected chi connectivity index (χ4v) is 1.17. The van der Waals surface area contributed by atoms with Crippen LogP contribution in [0.1, 0.15) is 0 Å². The second kappa shape index (κ2) is 5.32. The Kier molecular flexibility index (Phi) is 5.64. The summed E-state index contributed by atoms with van der Waals surface area (Å²) in [6.07, 6.45) is 0. The van der Waals surface area contributed by atoms with Crippen molar-refractivity contribution < 1.29 is 38.0 Å². The van der Waals surface area contributed by atoms with E-state index < -0.39 is 10.7 Å². The second-order valence-corrected chi connectivity index (χ2v) is 3.55. The van der Waals surface area contributed by atoms with E-state index in [1.807, 2.05) is 0 Å². The Morgan fingerprint density at radius 2 is 1.55 bits per heavy atom. The molecule has 0 heterocycles. The van der Waals surface area contributed by atoms with Crippen molar-refractivity contribution in [1.82, 2.24) is 0 Å². The fourth-order valence-electron chi connectivity index (χ4n) is 0.546. The summed E-state index contributed by atoms with van der Waals surface area (Å²) in [7, 11) is -2.11. The average Bonchev–Trinajstić information content (AvgIpc) is 1.88. The van der Waals surface area contributed by atoms with E-state index in [-0.39, 0.29) is 29.6 Å². The molecule has 0 aliphatic heterocycles. The van der Waals surface area contributed by atoms with Crippen molar-refractivity contribution in [3.63, 3.8) is 0 Å². The minimum absolute atomic E-state index is 0. The maximum Gasteiger partial charge on any atom is 1.00 e. The van der Waals surface area contributed by atoms with Gasteiger partial charge in [-0.2, -0.15) is 0 Å². The van der Waals surface area contributed by atoms with Crippen molar-refractivity contribution >= 4 is 26.6 Å². The third-order valence-corrected chi connectivity index (χ3v) is 2.19. The van der Waals surface area contributed by atoms with Crippen LogP contribution in [0, 0.1) is 0 Å². The zero-order valence-corrected chi connectivity index (χ0v) is 10.3. The van der Waals surface area contributed by atoms with Crippen LogP contribution in [0.2, 0.25) is 0 Å². The molecule has 0 saturated carbocycles. The van der Waals surface area contributed by atoms with Gasteiger partial charge in [0.05, 0.1) is 0 Å². The van der Waals surface area contributed by atoms with E-state index in [2.05, 4.69) is 15.9 Å². The van der Waals surface area contributed by atoms with Crippen LogP contribution in [0.3, 0.4) is 0 Å². The number of rotatable bonds is 1. The average molecular weight is 243 g/mol. The van der Waals surface area contributed by atoms with Gasteiger partial charge < -0.3 is 8.42 Å². The van der Waals surface area contributed by atoms with Crippen molar-refractivity contribution in [2.24, 2.45) is 0 Å². The van der Waals surface area contributed by atoms with E-state index in [0.29, 0.717) is 4.90 Å². The summed E-state index contributed by atoms with van der Waals surface area (Å²) < 4.78 is 21.5. The molecule has 0 fully saturated rings. The number of hydrogen-bond acceptors (Lipinski definition) is 3. The van der Waals surface area contributed by atoms with Crippen molar-refractivity contribution in [2.75, 3.05) is 0 Å². The molecule has 11 heavy (non-hydrogen) atoms. The number of hydrogen-bond donors (Lipinski definition) is 0. The third kappa shape index (κ3) is 3.71. The topological polar surface area (TPSA) is 34.1 Å². The first-order chi connectivity index (χ1) is 4.70. The molecule has 0 amide bonds. The summed E-state index contributed by atoms with van der Waals surface area (Å²) in [6.45, 7) is 0. The van der Waals surface area contributed by atoms with Gasteiger partial charge in [-0.3, -0.25) is 0 Å². The maximum atomic E-state index is 10.3. The van der Waals surface area contributed by atoms with Crippen LogP contribution in [0.4, 0.5) is 0 Å². The summed E-state index contributed by atoms with van der Waals surface area (Å²) in [4.78, 5) is 0.309. The van der Waals surface area contributed by atoms with Gasteiger partial charge in [-0.1, -0.05) is 33.0 Å². The van der Waals surface area contributed by atoms with E-state index in [9.17, 15) is 8.42 Å². The summed E-state index contributed by atoms with van der Waals surface area (Å²) in [5, 5.41) is 0. The SMILES string of the molecule is O=[S-](=O)c1ccc(Br)cc1.[Na+]. The zero-order valence-electron chi connectivity index (χ0n) is 5.91. The predicted molar refractivity (Wildman–Crippen MR) is 41.1 cm³/mol. The molecule has 0 N–H and O–H groups in total. The van der Waals surface area contributed by atoms with E-state index in [0.717, 1.165) is 4.47 Å². The molecule has 1 aromatic rings. The van der Waals surface area contributed by atoms with Gasteiger partial charge in [0.15, 0.2) is 0 Å². The molecule has 0 atom stereocenters. The standard InChI is InChI=1S/C6H4BrO2S.Na/c7-5-1-3-6(4-2-5)10(8)9;/h1-4H;/q-1;+1. The van der Waals surface area contributed by atoms with Gasteiger partial charge in [0.2, 0.25) is 0 Å². The van der Waals surface area contributed by atoms with Gasteiger partial charge in [-0.15, -0.1) is 0 Å². The Hall–Kier alpha value is 0.650. The molecule has 5 heteroatoms. The van der Waals surface area contributed by atoms with Crippen LogP contribution in [0.15, 0.2) is 33.6 Å². The first-order valence-corrected chi connectivity index (χ1v) is 4.42. The first-order valence-electron chi connectivity index (χ1n) is 2.55. The van der Waals surface area contributed by atoms with Crippen LogP contribution in [-0.4, -0.2) is 0 Å². The molecule has 0 aliphatic carbocycles. The van der Waals surface area contributed by atoms with Gasteiger partial charge >= 0.3 is 29.6 Å². The Balaban J connectivity index is 0.000001000. The molecule has 0 aromatic heterocycles. The normalized spacial score (nSPS) is 9.27. The van der Waals surface area contributed by atoms with Crippen molar-refractivity contribution in [1.29, 1.82) is 0 Å². The minimum atomic E-state index is -2.11. The van der Waals surface area contributed by atoms with Crippen molar-refractivity contribution in [3.8, 4) is 0 Å². The molecule has 0 bridgehead atoms. The number of benzene rings is 1. The second-order valence-electron chi connectivity index (χ2n) is 1.69. The molecule has 54 valence electrons. The molecule has 1 aromatic carbocycles. The third-order valence-electron chi connectivity index (χ3n) is 1.01. The predicted octanol–water partition coefficient (Wildman–Crippen LogP) is -0.879. The van der Waals surface area contributed by atoms with Crippen LogP contribution < -0.4 is 29.6 Å². The van der Waals surface area contributed by atoms with Crippen LogP contribution in [0.5, 0.6) is 0 Å². The Morgan fingerprint density at radius 3 is 1.91 bits per heavy atom. The fraction of sp³-hybridized carbons (Fsp3) is 0. The molecule has 0 unspecified atom stereocenters. The minimum Gasteiger partial charge on any atom is -0.420 e. The summed E-state index contributed by atoms with van der Waals surface area (Å²) in [6, 6.07) is 6.44. The quantitative estimate of drug-likeness (QED) is 0.474. The largest absolute Gasteiger partial charge is 1.00 e. The van der Waals surface area contributed by atoms with E-state index in [1.165, 1.54) is 12.1 Å². The molecule has 1 rings (SSSR count). The van der Waals surface area contributed by atoms with Crippen molar-refractivity contribution in [2.45, 2.75) is 4.90 Å². The van der Waals surface area contributed by atoms with Crippen LogP contribution >= 0.6 is 15.9 Å². The molecule has 0 spiro atoms. The van der Waals surface area contributed by atoms with Crippen LogP contribution in [-0.2, 0) is 19.1 Å². The summed E-state index contributed by atoms with van der Waals surface area (Å²) in [5.74, 6) is 0. The van der Waals surface area contributed by atoms with Gasteiger partial charge in [0.1, 0.15) is 0 Å². The van der Waals surface area contributed by atoms with Gasteiger partial charge in [-0.25, -0.2) is 0 Å². The Bertz CT molecular complexity index is 286. The summed E-state index contributed by atoms with van der Waals surface area (Å²) in [5.41, 5.74) is 0. The molecular formula is C6H4BrNaO2S. The summed E-state index contributed by atoms with van der Waals surface area (Å²) >= 11 is 3.19. The van der Waals surface area contributed by atoms with Gasteiger partial charge in [0, 0.05) is 4.47 Å². The molecular weight excluding hydrogens is 239 g/mol. The van der Waals surface area contributed by atoms with Gasteiger partial charge in [0.25, 0.3) is 0 Å². The first kappa shape index (κ1) is 11.6. The zero-order chi connectivity index (χ0) is 7.56. The van der Waals surface area contributed by atoms with E-state index in [4.69, 9.17) is 0 Å². The van der Waals surface area contributed by atoms with Crippen molar-refractivity contribution in [3.05, 3.63) is 28.7 Å². The number of halogens is 1. The smallest absolute Gasteiger partial charge is 0.420 e.